The Balaban J connectivity index is 1.41. The first-order chi connectivity index (χ1) is 8.73. The Bertz CT molecular complexity index is 261. The van der Waals surface area contributed by atoms with Crippen molar-refractivity contribution in [3.63, 3.8) is 0 Å². The molecule has 0 spiro atoms. The number of piperazine rings is 1. The van der Waals surface area contributed by atoms with Crippen LogP contribution in [0, 0.1) is 11.3 Å². The smallest absolute Gasteiger partial charge is 0.0110 e. The van der Waals surface area contributed by atoms with E-state index in [0.717, 1.165) is 5.92 Å². The van der Waals surface area contributed by atoms with Gasteiger partial charge in [-0.15, -0.1) is 0 Å². The molecule has 3 aliphatic rings. The van der Waals surface area contributed by atoms with Crippen molar-refractivity contribution < 1.29 is 0 Å². The van der Waals surface area contributed by atoms with Crippen molar-refractivity contribution in [1.29, 1.82) is 0 Å². The van der Waals surface area contributed by atoms with Gasteiger partial charge in [0.05, 0.1) is 0 Å². The first-order valence-corrected chi connectivity index (χ1v) is 7.89. The van der Waals surface area contributed by atoms with E-state index in [0.29, 0.717) is 5.41 Å². The van der Waals surface area contributed by atoms with E-state index in [-0.39, 0.29) is 0 Å². The second-order valence-corrected chi connectivity index (χ2v) is 7.11. The Hall–Kier alpha value is -0.120. The molecule has 0 aromatic carbocycles. The fourth-order valence-corrected chi connectivity index (χ4v) is 3.59. The molecule has 0 bridgehead atoms. The predicted molar refractivity (Wildman–Crippen MR) is 75.8 cm³/mol. The van der Waals surface area contributed by atoms with E-state index in [1.807, 2.05) is 0 Å². The maximum absolute atomic E-state index is 3.57. The van der Waals surface area contributed by atoms with Gasteiger partial charge in [0.25, 0.3) is 0 Å². The Labute approximate surface area is 112 Å². The van der Waals surface area contributed by atoms with Gasteiger partial charge in [-0.3, -0.25) is 0 Å². The molecule has 0 aromatic rings. The molecular formula is C15H29N3. The molecule has 1 saturated carbocycles. The molecular weight excluding hydrogens is 222 g/mol. The van der Waals surface area contributed by atoms with Crippen molar-refractivity contribution in [2.24, 2.45) is 11.3 Å². The second-order valence-electron chi connectivity index (χ2n) is 7.11. The lowest BCUT2D eigenvalue weighted by Gasteiger charge is -2.42. The van der Waals surface area contributed by atoms with Gasteiger partial charge >= 0.3 is 0 Å². The normalized spacial score (nSPS) is 35.8. The van der Waals surface area contributed by atoms with Gasteiger partial charge in [0.15, 0.2) is 0 Å². The third kappa shape index (κ3) is 3.46. The number of hydrogen-bond donors (Lipinski definition) is 1. The largest absolute Gasteiger partial charge is 0.316 e. The molecule has 18 heavy (non-hydrogen) atoms. The maximum atomic E-state index is 3.57. The van der Waals surface area contributed by atoms with Gasteiger partial charge < -0.3 is 15.1 Å². The Morgan fingerprint density at radius 2 is 1.83 bits per heavy atom. The van der Waals surface area contributed by atoms with E-state index in [2.05, 4.69) is 22.0 Å². The van der Waals surface area contributed by atoms with Gasteiger partial charge in [-0.2, -0.15) is 0 Å². The minimum Gasteiger partial charge on any atom is -0.316 e. The summed E-state index contributed by atoms with van der Waals surface area (Å²) in [5.41, 5.74) is 0.525. The van der Waals surface area contributed by atoms with Crippen molar-refractivity contribution >= 4 is 0 Å². The number of nitrogens with zero attached hydrogens (tertiary/aromatic N) is 2. The number of piperidine rings is 1. The highest BCUT2D eigenvalue weighted by Crippen LogP contribution is 2.30. The van der Waals surface area contributed by atoms with Crippen LogP contribution in [-0.2, 0) is 0 Å². The summed E-state index contributed by atoms with van der Waals surface area (Å²) in [7, 11) is 0. The summed E-state index contributed by atoms with van der Waals surface area (Å²) in [4.78, 5) is 5.39. The molecule has 104 valence electrons. The minimum absolute atomic E-state index is 0.525. The van der Waals surface area contributed by atoms with Crippen LogP contribution in [0.3, 0.4) is 0 Å². The number of nitrogens with one attached hydrogen (secondary N) is 1. The zero-order valence-electron chi connectivity index (χ0n) is 12.0. The van der Waals surface area contributed by atoms with Crippen molar-refractivity contribution in [2.75, 3.05) is 52.4 Å². The molecule has 1 atom stereocenters. The van der Waals surface area contributed by atoms with E-state index in [1.54, 1.807) is 0 Å². The zero-order valence-corrected chi connectivity index (χ0v) is 12.0. The molecule has 0 radical (unpaired) electrons. The first kappa shape index (κ1) is 12.9. The zero-order chi connectivity index (χ0) is 12.4. The molecule has 2 aliphatic heterocycles. The molecule has 3 nitrogen and oxygen atoms in total. The predicted octanol–water partition coefficient (Wildman–Crippen LogP) is 1.40. The molecule has 0 aromatic heterocycles. The minimum atomic E-state index is 0.525. The summed E-state index contributed by atoms with van der Waals surface area (Å²) in [6.45, 7) is 12.8. The van der Waals surface area contributed by atoms with E-state index in [9.17, 15) is 0 Å². The standard InChI is InChI=1S/C15H29N3/c1-15(5-2-6-16-12-15)13-18-9-7-17(8-10-18)11-14-3-4-14/h14,16H,2-13H2,1H3. The summed E-state index contributed by atoms with van der Waals surface area (Å²) in [6.07, 6.45) is 5.74. The molecule has 1 N–H and O–H groups in total. The summed E-state index contributed by atoms with van der Waals surface area (Å²) >= 11 is 0. The highest BCUT2D eigenvalue weighted by molar-refractivity contribution is 4.87. The lowest BCUT2D eigenvalue weighted by Crippen LogP contribution is -2.52. The van der Waals surface area contributed by atoms with Crippen LogP contribution in [0.15, 0.2) is 0 Å². The average Bonchev–Trinajstić information content (AvgIpc) is 3.16. The average molecular weight is 251 g/mol. The molecule has 1 unspecified atom stereocenters. The molecule has 0 amide bonds. The first-order valence-electron chi connectivity index (χ1n) is 7.89. The summed E-state index contributed by atoms with van der Waals surface area (Å²) in [5, 5.41) is 3.57. The van der Waals surface area contributed by atoms with Crippen LogP contribution in [0.4, 0.5) is 0 Å². The molecule has 2 heterocycles. The van der Waals surface area contributed by atoms with Crippen LogP contribution in [0.25, 0.3) is 0 Å². The maximum Gasteiger partial charge on any atom is 0.0110 e. The van der Waals surface area contributed by atoms with Gasteiger partial charge in [-0.05, 0) is 43.6 Å². The van der Waals surface area contributed by atoms with E-state index >= 15 is 0 Å². The second kappa shape index (κ2) is 5.48. The van der Waals surface area contributed by atoms with Crippen LogP contribution in [-0.4, -0.2) is 62.2 Å². The van der Waals surface area contributed by atoms with Crippen LogP contribution in [0.5, 0.6) is 0 Å². The molecule has 3 fully saturated rings. The van der Waals surface area contributed by atoms with E-state index in [4.69, 9.17) is 0 Å². The lowest BCUT2D eigenvalue weighted by molar-refractivity contribution is 0.0768. The molecule has 3 heteroatoms. The number of hydrogen-bond acceptors (Lipinski definition) is 3. The lowest BCUT2D eigenvalue weighted by atomic mass is 9.82. The van der Waals surface area contributed by atoms with Crippen molar-refractivity contribution in [3.05, 3.63) is 0 Å². The van der Waals surface area contributed by atoms with Crippen LogP contribution in [0.1, 0.15) is 32.6 Å². The van der Waals surface area contributed by atoms with Crippen molar-refractivity contribution in [1.82, 2.24) is 15.1 Å². The van der Waals surface area contributed by atoms with Crippen LogP contribution in [0.2, 0.25) is 0 Å². The Morgan fingerprint density at radius 1 is 1.11 bits per heavy atom. The highest BCUT2D eigenvalue weighted by atomic mass is 15.3. The molecule has 1 aliphatic carbocycles. The van der Waals surface area contributed by atoms with E-state index in [1.165, 1.54) is 78.0 Å². The van der Waals surface area contributed by atoms with Crippen molar-refractivity contribution in [3.8, 4) is 0 Å². The van der Waals surface area contributed by atoms with Gasteiger partial charge in [0.2, 0.25) is 0 Å². The fourth-order valence-electron chi connectivity index (χ4n) is 3.59. The fraction of sp³-hybridized carbons (Fsp3) is 1.00. The monoisotopic (exact) mass is 251 g/mol. The Morgan fingerprint density at radius 3 is 2.44 bits per heavy atom. The SMILES string of the molecule is CC1(CN2CCN(CC3CC3)CC2)CCCNC1. The Kier molecular flexibility index (Phi) is 3.92. The van der Waals surface area contributed by atoms with E-state index < -0.39 is 0 Å². The summed E-state index contributed by atoms with van der Waals surface area (Å²) in [5.74, 6) is 1.05. The molecule has 3 rings (SSSR count). The topological polar surface area (TPSA) is 18.5 Å². The number of rotatable bonds is 4. The van der Waals surface area contributed by atoms with Gasteiger partial charge in [0.1, 0.15) is 0 Å². The van der Waals surface area contributed by atoms with Gasteiger partial charge in [0, 0.05) is 45.8 Å². The third-order valence-corrected chi connectivity index (χ3v) is 4.97. The quantitative estimate of drug-likeness (QED) is 0.815. The van der Waals surface area contributed by atoms with Crippen molar-refractivity contribution in [2.45, 2.75) is 32.6 Å². The van der Waals surface area contributed by atoms with Crippen LogP contribution >= 0.6 is 0 Å². The summed E-state index contributed by atoms with van der Waals surface area (Å²) < 4.78 is 0. The molecule has 2 saturated heterocycles. The summed E-state index contributed by atoms with van der Waals surface area (Å²) in [6, 6.07) is 0. The highest BCUT2D eigenvalue weighted by Gasteiger charge is 2.31. The third-order valence-electron chi connectivity index (χ3n) is 4.97. The van der Waals surface area contributed by atoms with Gasteiger partial charge in [-0.25, -0.2) is 0 Å². The van der Waals surface area contributed by atoms with Crippen LogP contribution < -0.4 is 5.32 Å². The van der Waals surface area contributed by atoms with Gasteiger partial charge in [-0.1, -0.05) is 6.92 Å².